The van der Waals surface area contributed by atoms with E-state index in [1.165, 1.54) is 11.1 Å². The average Bonchev–Trinajstić information content (AvgIpc) is 3.15. The molecule has 5 nitrogen and oxygen atoms in total. The van der Waals surface area contributed by atoms with Crippen LogP contribution in [0, 0.1) is 5.92 Å². The van der Waals surface area contributed by atoms with E-state index in [2.05, 4.69) is 22.4 Å². The van der Waals surface area contributed by atoms with Gasteiger partial charge in [0.05, 0.1) is 12.5 Å². The molecule has 1 aliphatic heterocycles. The highest BCUT2D eigenvalue weighted by Gasteiger charge is 2.47. The van der Waals surface area contributed by atoms with Crippen LogP contribution >= 0.6 is 0 Å². The smallest absolute Gasteiger partial charge is 0.227 e. The molecule has 1 fully saturated rings. The first-order valence-corrected chi connectivity index (χ1v) is 8.66. The Kier molecular flexibility index (Phi) is 3.99. The number of amides is 2. The van der Waals surface area contributed by atoms with Crippen LogP contribution in [0.4, 0.5) is 0 Å². The number of nitrogens with one attached hydrogen (secondary N) is 1. The molecule has 0 bridgehead atoms. The molecule has 1 saturated heterocycles. The maximum atomic E-state index is 12.7. The Labute approximate surface area is 147 Å². The molecule has 0 saturated carbocycles. The third kappa shape index (κ3) is 2.90. The molecule has 2 aromatic rings. The third-order valence-corrected chi connectivity index (χ3v) is 5.31. The van der Waals surface area contributed by atoms with E-state index in [1.807, 2.05) is 29.2 Å². The summed E-state index contributed by atoms with van der Waals surface area (Å²) in [7, 11) is 0. The topological polar surface area (TPSA) is 62.3 Å². The van der Waals surface area contributed by atoms with Gasteiger partial charge in [-0.1, -0.05) is 30.3 Å². The molecule has 1 aromatic heterocycles. The fourth-order valence-corrected chi connectivity index (χ4v) is 4.25. The van der Waals surface area contributed by atoms with Crippen LogP contribution in [0.15, 0.2) is 48.8 Å². The molecule has 0 unspecified atom stereocenters. The lowest BCUT2D eigenvalue weighted by atomic mass is 9.94. The van der Waals surface area contributed by atoms with Crippen molar-refractivity contribution in [3.63, 3.8) is 0 Å². The van der Waals surface area contributed by atoms with E-state index in [4.69, 9.17) is 0 Å². The summed E-state index contributed by atoms with van der Waals surface area (Å²) in [5.41, 5.74) is 3.40. The lowest BCUT2D eigenvalue weighted by Crippen LogP contribution is -2.34. The van der Waals surface area contributed by atoms with Gasteiger partial charge >= 0.3 is 0 Å². The molecule has 128 valence electrons. The summed E-state index contributed by atoms with van der Waals surface area (Å²) in [5.74, 6) is 0.645. The fourth-order valence-electron chi connectivity index (χ4n) is 4.25. The van der Waals surface area contributed by atoms with Gasteiger partial charge in [0.25, 0.3) is 0 Å². The SMILES string of the molecule is CC(=O)N[C@@H]1c2ccccc2[C@@H]2CN(C(=O)Cc3cccnc3)C[C@H]12. The van der Waals surface area contributed by atoms with Crippen LogP contribution in [0.5, 0.6) is 0 Å². The second kappa shape index (κ2) is 6.31. The number of rotatable bonds is 3. The number of aromatic nitrogens is 1. The largest absolute Gasteiger partial charge is 0.349 e. The van der Waals surface area contributed by atoms with E-state index in [9.17, 15) is 9.59 Å². The van der Waals surface area contributed by atoms with Crippen molar-refractivity contribution in [1.29, 1.82) is 0 Å². The summed E-state index contributed by atoms with van der Waals surface area (Å²) in [6.45, 7) is 2.95. The van der Waals surface area contributed by atoms with Gasteiger partial charge in [-0.05, 0) is 22.8 Å². The Morgan fingerprint density at radius 3 is 2.68 bits per heavy atom. The van der Waals surface area contributed by atoms with Crippen LogP contribution in [0.3, 0.4) is 0 Å². The van der Waals surface area contributed by atoms with Crippen LogP contribution < -0.4 is 5.32 Å². The zero-order valence-corrected chi connectivity index (χ0v) is 14.2. The Bertz CT molecular complexity index is 806. The van der Waals surface area contributed by atoms with E-state index in [0.29, 0.717) is 18.9 Å². The van der Waals surface area contributed by atoms with Gasteiger partial charge < -0.3 is 10.2 Å². The van der Waals surface area contributed by atoms with E-state index < -0.39 is 0 Å². The quantitative estimate of drug-likeness (QED) is 0.934. The first kappa shape index (κ1) is 15.8. The van der Waals surface area contributed by atoms with Crippen molar-refractivity contribution in [2.45, 2.75) is 25.3 Å². The van der Waals surface area contributed by atoms with Crippen LogP contribution in [-0.2, 0) is 16.0 Å². The van der Waals surface area contributed by atoms with Gasteiger partial charge in [0.1, 0.15) is 0 Å². The fraction of sp³-hybridized carbons (Fsp3) is 0.350. The summed E-state index contributed by atoms with van der Waals surface area (Å²) >= 11 is 0. The van der Waals surface area contributed by atoms with Crippen LogP contribution in [-0.4, -0.2) is 34.8 Å². The highest BCUT2D eigenvalue weighted by atomic mass is 16.2. The van der Waals surface area contributed by atoms with Gasteiger partial charge in [0.2, 0.25) is 11.8 Å². The minimum atomic E-state index is -0.0272. The molecule has 1 aromatic carbocycles. The number of benzene rings is 1. The Morgan fingerprint density at radius 1 is 1.16 bits per heavy atom. The normalized spacial score (nSPS) is 23.9. The summed E-state index contributed by atoms with van der Waals surface area (Å²) in [6.07, 6.45) is 3.83. The molecule has 0 radical (unpaired) electrons. The van der Waals surface area contributed by atoms with Crippen molar-refractivity contribution in [2.24, 2.45) is 5.92 Å². The highest BCUT2D eigenvalue weighted by Crippen LogP contribution is 2.49. The van der Waals surface area contributed by atoms with Gasteiger partial charge in [-0.25, -0.2) is 0 Å². The summed E-state index contributed by atoms with van der Waals surface area (Å²) in [4.78, 5) is 30.4. The van der Waals surface area contributed by atoms with E-state index in [0.717, 1.165) is 12.1 Å². The van der Waals surface area contributed by atoms with Crippen LogP contribution in [0.2, 0.25) is 0 Å². The Balaban J connectivity index is 1.54. The maximum absolute atomic E-state index is 12.7. The maximum Gasteiger partial charge on any atom is 0.227 e. The highest BCUT2D eigenvalue weighted by molar-refractivity contribution is 5.79. The van der Waals surface area contributed by atoms with E-state index in [1.54, 1.807) is 19.3 Å². The predicted octanol–water partition coefficient (Wildman–Crippen LogP) is 2.06. The number of pyridine rings is 1. The van der Waals surface area contributed by atoms with E-state index >= 15 is 0 Å². The van der Waals surface area contributed by atoms with Gasteiger partial charge in [0.15, 0.2) is 0 Å². The predicted molar refractivity (Wildman–Crippen MR) is 93.8 cm³/mol. The molecule has 5 heteroatoms. The molecule has 2 amide bonds. The molecule has 3 atom stereocenters. The molecule has 1 aliphatic carbocycles. The second-order valence-corrected chi connectivity index (χ2v) is 6.91. The number of fused-ring (bicyclic) bond motifs is 3. The zero-order chi connectivity index (χ0) is 17.4. The van der Waals surface area contributed by atoms with Gasteiger partial charge in [0, 0.05) is 44.2 Å². The molecule has 0 spiro atoms. The Morgan fingerprint density at radius 2 is 1.96 bits per heavy atom. The number of carbonyl (C=O) groups excluding carboxylic acids is 2. The number of hydrogen-bond donors (Lipinski definition) is 1. The Hall–Kier alpha value is -2.69. The molecule has 4 rings (SSSR count). The lowest BCUT2D eigenvalue weighted by Gasteiger charge is -2.22. The van der Waals surface area contributed by atoms with Crippen molar-refractivity contribution in [3.8, 4) is 0 Å². The molecule has 25 heavy (non-hydrogen) atoms. The van der Waals surface area contributed by atoms with Gasteiger partial charge in [-0.15, -0.1) is 0 Å². The number of likely N-dealkylation sites (tertiary alicyclic amines) is 1. The van der Waals surface area contributed by atoms with Crippen molar-refractivity contribution < 1.29 is 9.59 Å². The first-order chi connectivity index (χ1) is 12.1. The van der Waals surface area contributed by atoms with Crippen molar-refractivity contribution in [3.05, 3.63) is 65.5 Å². The van der Waals surface area contributed by atoms with Crippen LogP contribution in [0.25, 0.3) is 0 Å². The zero-order valence-electron chi connectivity index (χ0n) is 14.2. The summed E-state index contributed by atoms with van der Waals surface area (Å²) in [5, 5.41) is 3.09. The second-order valence-electron chi connectivity index (χ2n) is 6.91. The molecular formula is C20H21N3O2. The van der Waals surface area contributed by atoms with Gasteiger partial charge in [-0.3, -0.25) is 14.6 Å². The first-order valence-electron chi connectivity index (χ1n) is 8.66. The standard InChI is InChI=1S/C20H21N3O2/c1-13(24)22-20-16-7-3-2-6-15(16)17-11-23(12-18(17)20)19(25)9-14-5-4-8-21-10-14/h2-8,10,17-18,20H,9,11-12H2,1H3,(H,22,24)/t17-,18-,20+/m0/s1. The third-order valence-electron chi connectivity index (χ3n) is 5.31. The lowest BCUT2D eigenvalue weighted by molar-refractivity contribution is -0.129. The monoisotopic (exact) mass is 335 g/mol. The number of hydrogen-bond acceptors (Lipinski definition) is 3. The minimum absolute atomic E-state index is 0.00473. The van der Waals surface area contributed by atoms with Crippen molar-refractivity contribution >= 4 is 11.8 Å². The molecular weight excluding hydrogens is 314 g/mol. The van der Waals surface area contributed by atoms with Gasteiger partial charge in [-0.2, -0.15) is 0 Å². The summed E-state index contributed by atoms with van der Waals surface area (Å²) < 4.78 is 0. The van der Waals surface area contributed by atoms with Crippen LogP contribution in [0.1, 0.15) is 35.6 Å². The molecule has 2 heterocycles. The average molecular weight is 335 g/mol. The molecule has 2 aliphatic rings. The van der Waals surface area contributed by atoms with Crippen molar-refractivity contribution in [1.82, 2.24) is 15.2 Å². The van der Waals surface area contributed by atoms with Crippen molar-refractivity contribution in [2.75, 3.05) is 13.1 Å². The minimum Gasteiger partial charge on any atom is -0.349 e. The number of nitrogens with zero attached hydrogens (tertiary/aromatic N) is 2. The summed E-state index contributed by atoms with van der Waals surface area (Å²) in [6, 6.07) is 12.0. The van der Waals surface area contributed by atoms with E-state index in [-0.39, 0.29) is 23.8 Å². The molecule has 1 N–H and O–H groups in total. The number of carbonyl (C=O) groups is 2.